The van der Waals surface area contributed by atoms with E-state index in [0.29, 0.717) is 6.42 Å². The van der Waals surface area contributed by atoms with Crippen molar-refractivity contribution in [1.82, 2.24) is 5.06 Å². The van der Waals surface area contributed by atoms with Crippen LogP contribution < -0.4 is 5.73 Å². The van der Waals surface area contributed by atoms with Gasteiger partial charge in [-0.1, -0.05) is 42.5 Å². The quantitative estimate of drug-likeness (QED) is 0.628. The summed E-state index contributed by atoms with van der Waals surface area (Å²) in [6.07, 6.45) is 2.95. The minimum Gasteiger partial charge on any atom is -0.463 e. The Labute approximate surface area is 105 Å². The molecule has 0 radical (unpaired) electrons. The van der Waals surface area contributed by atoms with Crippen molar-refractivity contribution < 1.29 is 14.7 Å². The van der Waals surface area contributed by atoms with Gasteiger partial charge in [0.15, 0.2) is 0 Å². The lowest BCUT2D eigenvalue weighted by molar-refractivity contribution is -0.176. The van der Waals surface area contributed by atoms with Crippen molar-refractivity contribution in [2.24, 2.45) is 5.73 Å². The Morgan fingerprint density at radius 2 is 2.17 bits per heavy atom. The Bertz CT molecular complexity index is 433. The summed E-state index contributed by atoms with van der Waals surface area (Å²) in [7, 11) is 0. The van der Waals surface area contributed by atoms with Crippen LogP contribution in [-0.2, 0) is 11.4 Å². The minimum atomic E-state index is -1.11. The van der Waals surface area contributed by atoms with Crippen LogP contribution in [0.5, 0.6) is 0 Å². The maximum Gasteiger partial charge on any atom is 0.431 e. The Hall–Kier alpha value is -1.85. The normalized spacial score (nSPS) is 22.1. The first kappa shape index (κ1) is 12.6. The molecule has 2 atom stereocenters. The first-order chi connectivity index (χ1) is 8.66. The van der Waals surface area contributed by atoms with Gasteiger partial charge in [0, 0.05) is 0 Å². The fourth-order valence-corrected chi connectivity index (χ4v) is 1.83. The third-order valence-corrected chi connectivity index (χ3v) is 2.80. The van der Waals surface area contributed by atoms with Crippen LogP contribution in [0.2, 0.25) is 0 Å². The molecular formula is C13H16N2O3. The number of nitrogens with zero attached hydrogens (tertiary/aromatic N) is 1. The van der Waals surface area contributed by atoms with Gasteiger partial charge in [0.2, 0.25) is 0 Å². The van der Waals surface area contributed by atoms with E-state index in [-0.39, 0.29) is 18.7 Å². The number of hydrogen-bond donors (Lipinski definition) is 2. The molecule has 1 unspecified atom stereocenters. The minimum absolute atomic E-state index is 0.194. The first-order valence-corrected chi connectivity index (χ1v) is 5.80. The molecule has 0 fully saturated rings. The highest BCUT2D eigenvalue weighted by molar-refractivity contribution is 5.63. The molecule has 2 rings (SSSR count). The molecular weight excluding hydrogens is 232 g/mol. The monoisotopic (exact) mass is 248 g/mol. The zero-order valence-electron chi connectivity index (χ0n) is 9.90. The van der Waals surface area contributed by atoms with Crippen molar-refractivity contribution in [3.63, 3.8) is 0 Å². The molecule has 3 N–H and O–H groups in total. The third-order valence-electron chi connectivity index (χ3n) is 2.80. The second kappa shape index (κ2) is 5.66. The summed E-state index contributed by atoms with van der Waals surface area (Å²) >= 11 is 0. The number of carbonyl (C=O) groups is 1. The summed E-state index contributed by atoms with van der Waals surface area (Å²) in [6, 6.07) is 9.06. The number of hydrogen-bond acceptors (Lipinski definition) is 3. The molecule has 18 heavy (non-hydrogen) atoms. The number of benzene rings is 1. The van der Waals surface area contributed by atoms with Crippen molar-refractivity contribution in [3.8, 4) is 0 Å². The lowest BCUT2D eigenvalue weighted by Gasteiger charge is -2.24. The van der Waals surface area contributed by atoms with E-state index in [1.807, 2.05) is 42.5 Å². The molecule has 0 aromatic heterocycles. The average Bonchev–Trinajstić information content (AvgIpc) is 2.75. The molecule has 0 bridgehead atoms. The highest BCUT2D eigenvalue weighted by Gasteiger charge is 2.25. The summed E-state index contributed by atoms with van der Waals surface area (Å²) in [6.45, 7) is 0.194. The third kappa shape index (κ3) is 3.09. The van der Waals surface area contributed by atoms with Crippen LogP contribution in [0.15, 0.2) is 42.5 Å². The molecule has 0 saturated carbocycles. The van der Waals surface area contributed by atoms with E-state index >= 15 is 0 Å². The molecule has 0 saturated heterocycles. The smallest absolute Gasteiger partial charge is 0.431 e. The molecule has 1 aromatic rings. The van der Waals surface area contributed by atoms with E-state index in [2.05, 4.69) is 0 Å². The van der Waals surface area contributed by atoms with Gasteiger partial charge in [-0.15, -0.1) is 0 Å². The highest BCUT2D eigenvalue weighted by atomic mass is 16.7. The van der Waals surface area contributed by atoms with E-state index in [4.69, 9.17) is 15.7 Å². The number of rotatable bonds is 4. The zero-order valence-corrected chi connectivity index (χ0v) is 9.90. The van der Waals surface area contributed by atoms with Gasteiger partial charge in [0.25, 0.3) is 0 Å². The van der Waals surface area contributed by atoms with Gasteiger partial charge in [-0.3, -0.25) is 4.84 Å². The maximum absolute atomic E-state index is 11.1. The molecule has 0 aliphatic heterocycles. The number of nitrogens with two attached hydrogens (primary N) is 1. The van der Waals surface area contributed by atoms with Crippen molar-refractivity contribution in [3.05, 3.63) is 48.0 Å². The summed E-state index contributed by atoms with van der Waals surface area (Å²) in [5.41, 5.74) is 6.66. The van der Waals surface area contributed by atoms with Crippen LogP contribution >= 0.6 is 0 Å². The van der Waals surface area contributed by atoms with E-state index in [1.54, 1.807) is 0 Å². The van der Waals surface area contributed by atoms with E-state index < -0.39 is 6.09 Å². The van der Waals surface area contributed by atoms with Crippen LogP contribution in [0.25, 0.3) is 0 Å². The average molecular weight is 248 g/mol. The Morgan fingerprint density at radius 1 is 1.44 bits per heavy atom. The van der Waals surface area contributed by atoms with E-state index in [0.717, 1.165) is 10.6 Å². The van der Waals surface area contributed by atoms with Crippen LogP contribution in [0.4, 0.5) is 4.79 Å². The predicted molar refractivity (Wildman–Crippen MR) is 66.6 cm³/mol. The Kier molecular flexibility index (Phi) is 3.96. The van der Waals surface area contributed by atoms with Crippen molar-refractivity contribution in [2.75, 3.05) is 0 Å². The van der Waals surface area contributed by atoms with Gasteiger partial charge in [0.1, 0.15) is 6.10 Å². The van der Waals surface area contributed by atoms with Crippen molar-refractivity contribution in [2.45, 2.75) is 25.1 Å². The second-order valence-electron chi connectivity index (χ2n) is 4.19. The van der Waals surface area contributed by atoms with Crippen LogP contribution in [0.3, 0.4) is 0 Å². The zero-order chi connectivity index (χ0) is 13.0. The second-order valence-corrected chi connectivity index (χ2v) is 4.19. The van der Waals surface area contributed by atoms with Crippen molar-refractivity contribution >= 4 is 6.09 Å². The topological polar surface area (TPSA) is 75.8 Å². The highest BCUT2D eigenvalue weighted by Crippen LogP contribution is 2.16. The van der Waals surface area contributed by atoms with Gasteiger partial charge in [-0.2, -0.15) is 5.06 Å². The fraction of sp³-hybridized carbons (Fsp3) is 0.308. The molecule has 1 aliphatic rings. The number of carboxylic acid groups (broad SMARTS) is 1. The molecule has 0 heterocycles. The standard InChI is InChI=1S/C13H16N2O3/c14-11-7-4-8-12(11)18-15(13(16)17)9-10-5-2-1-3-6-10/h1-7,11-12H,8-9,14H2,(H,16,17)/t11?,12-/m1/s1. The largest absolute Gasteiger partial charge is 0.463 e. The number of amides is 1. The predicted octanol–water partition coefficient (Wildman–Crippen LogP) is 1.75. The molecule has 1 amide bonds. The maximum atomic E-state index is 11.1. The van der Waals surface area contributed by atoms with Crippen LogP contribution in [0.1, 0.15) is 12.0 Å². The van der Waals surface area contributed by atoms with Gasteiger partial charge in [-0.05, 0) is 12.0 Å². The van der Waals surface area contributed by atoms with Crippen LogP contribution in [-0.4, -0.2) is 28.4 Å². The lowest BCUT2D eigenvalue weighted by Crippen LogP contribution is -2.40. The van der Waals surface area contributed by atoms with E-state index in [9.17, 15) is 4.79 Å². The van der Waals surface area contributed by atoms with Gasteiger partial charge in [0.05, 0.1) is 12.6 Å². The number of hydroxylamine groups is 2. The molecule has 0 spiro atoms. The van der Waals surface area contributed by atoms with Crippen LogP contribution in [0, 0.1) is 0 Å². The summed E-state index contributed by atoms with van der Waals surface area (Å²) in [4.78, 5) is 16.6. The molecule has 96 valence electrons. The van der Waals surface area contributed by atoms with E-state index in [1.165, 1.54) is 0 Å². The molecule has 5 nitrogen and oxygen atoms in total. The fourth-order valence-electron chi connectivity index (χ4n) is 1.83. The summed E-state index contributed by atoms with van der Waals surface area (Å²) in [5, 5.41) is 10.1. The van der Waals surface area contributed by atoms with Gasteiger partial charge in [-0.25, -0.2) is 4.79 Å². The first-order valence-electron chi connectivity index (χ1n) is 5.80. The SMILES string of the molecule is NC1C=CC[C@H]1ON(Cc1ccccc1)C(=O)O. The Morgan fingerprint density at radius 3 is 2.72 bits per heavy atom. The lowest BCUT2D eigenvalue weighted by atomic mass is 10.2. The van der Waals surface area contributed by atoms with Gasteiger partial charge < -0.3 is 10.8 Å². The molecule has 5 heteroatoms. The summed E-state index contributed by atoms with van der Waals surface area (Å²) in [5.74, 6) is 0. The Balaban J connectivity index is 1.98. The summed E-state index contributed by atoms with van der Waals surface area (Å²) < 4.78 is 0. The van der Waals surface area contributed by atoms with Crippen molar-refractivity contribution in [1.29, 1.82) is 0 Å². The van der Waals surface area contributed by atoms with Gasteiger partial charge >= 0.3 is 6.09 Å². The molecule has 1 aliphatic carbocycles. The molecule has 1 aromatic carbocycles.